The van der Waals surface area contributed by atoms with Gasteiger partial charge in [-0.15, -0.1) is 5.10 Å². The maximum absolute atomic E-state index is 11.4. The molecule has 0 saturated carbocycles. The summed E-state index contributed by atoms with van der Waals surface area (Å²) in [5.74, 6) is -0.369. The van der Waals surface area contributed by atoms with Gasteiger partial charge in [-0.1, -0.05) is 10.3 Å². The van der Waals surface area contributed by atoms with Crippen LogP contribution in [-0.2, 0) is 22.7 Å². The number of nitrogens with two attached hydrogens (primary N) is 1. The molecule has 17 heavy (non-hydrogen) atoms. The number of hydrogen-bond acceptors (Lipinski definition) is 8. The SMILES string of the molecule is Cc1nonc1COC(=O)Cn1cnc(N)n1. The van der Waals surface area contributed by atoms with E-state index in [9.17, 15) is 4.79 Å². The van der Waals surface area contributed by atoms with Crippen molar-refractivity contribution in [3.05, 3.63) is 17.7 Å². The highest BCUT2D eigenvalue weighted by Crippen LogP contribution is 2.02. The summed E-state index contributed by atoms with van der Waals surface area (Å²) in [6.45, 7) is 1.66. The lowest BCUT2D eigenvalue weighted by Gasteiger charge is -2.02. The maximum Gasteiger partial charge on any atom is 0.328 e. The molecule has 0 bridgehead atoms. The Kier molecular flexibility index (Phi) is 2.99. The summed E-state index contributed by atoms with van der Waals surface area (Å²) in [6, 6.07) is 0. The van der Waals surface area contributed by atoms with Crippen molar-refractivity contribution in [1.82, 2.24) is 25.1 Å². The maximum atomic E-state index is 11.4. The first-order valence-electron chi connectivity index (χ1n) is 4.73. The number of aromatic nitrogens is 5. The Morgan fingerprint density at radius 3 is 3.00 bits per heavy atom. The predicted octanol–water partition coefficient (Wildman–Crippen LogP) is -0.705. The van der Waals surface area contributed by atoms with Gasteiger partial charge in [-0.2, -0.15) is 0 Å². The van der Waals surface area contributed by atoms with Crippen LogP contribution in [0.25, 0.3) is 0 Å². The van der Waals surface area contributed by atoms with E-state index in [1.807, 2.05) is 0 Å². The zero-order valence-electron chi connectivity index (χ0n) is 9.03. The fraction of sp³-hybridized carbons (Fsp3) is 0.375. The minimum atomic E-state index is -0.475. The first kappa shape index (κ1) is 11.0. The van der Waals surface area contributed by atoms with Gasteiger partial charge in [0.15, 0.2) is 0 Å². The summed E-state index contributed by atoms with van der Waals surface area (Å²) in [6.07, 6.45) is 1.35. The average Bonchev–Trinajstić information content (AvgIpc) is 2.85. The van der Waals surface area contributed by atoms with Gasteiger partial charge in [0, 0.05) is 0 Å². The van der Waals surface area contributed by atoms with E-state index in [4.69, 9.17) is 10.5 Å². The number of esters is 1. The second-order valence-corrected chi connectivity index (χ2v) is 3.26. The molecule has 0 aliphatic carbocycles. The number of carbonyl (C=O) groups is 1. The van der Waals surface area contributed by atoms with Gasteiger partial charge in [0.25, 0.3) is 0 Å². The third kappa shape index (κ3) is 2.77. The minimum absolute atomic E-state index is 0.0122. The number of nitrogen functional groups attached to an aromatic ring is 1. The molecule has 0 saturated heterocycles. The molecule has 2 heterocycles. The van der Waals surface area contributed by atoms with Crippen molar-refractivity contribution in [2.24, 2.45) is 0 Å². The van der Waals surface area contributed by atoms with E-state index in [2.05, 4.69) is 25.0 Å². The van der Waals surface area contributed by atoms with E-state index in [0.29, 0.717) is 11.4 Å². The van der Waals surface area contributed by atoms with Crippen LogP contribution in [0, 0.1) is 6.92 Å². The molecule has 0 atom stereocenters. The molecule has 0 aliphatic heterocycles. The summed E-state index contributed by atoms with van der Waals surface area (Å²) in [7, 11) is 0. The van der Waals surface area contributed by atoms with Gasteiger partial charge in [0.2, 0.25) is 5.95 Å². The Labute approximate surface area is 95.5 Å². The third-order valence-corrected chi connectivity index (χ3v) is 1.96. The number of anilines is 1. The van der Waals surface area contributed by atoms with E-state index in [1.54, 1.807) is 6.92 Å². The molecule has 9 nitrogen and oxygen atoms in total. The molecule has 9 heteroatoms. The van der Waals surface area contributed by atoms with Crippen LogP contribution in [0.4, 0.5) is 5.95 Å². The summed E-state index contributed by atoms with van der Waals surface area (Å²) in [5.41, 5.74) is 6.37. The topological polar surface area (TPSA) is 122 Å². The van der Waals surface area contributed by atoms with Gasteiger partial charge in [-0.05, 0) is 6.92 Å². The zero-order chi connectivity index (χ0) is 12.3. The van der Waals surface area contributed by atoms with E-state index < -0.39 is 5.97 Å². The Morgan fingerprint density at radius 1 is 1.59 bits per heavy atom. The standard InChI is InChI=1S/C8H10N6O3/c1-5-6(13-17-12-5)3-16-7(15)2-14-4-10-8(9)11-14/h4H,2-3H2,1H3,(H2,9,11). The van der Waals surface area contributed by atoms with Gasteiger partial charge in [0.1, 0.15) is 30.9 Å². The van der Waals surface area contributed by atoms with Crippen LogP contribution in [0.15, 0.2) is 11.0 Å². The van der Waals surface area contributed by atoms with Crippen LogP contribution in [0.3, 0.4) is 0 Å². The van der Waals surface area contributed by atoms with Gasteiger partial charge in [-0.3, -0.25) is 4.79 Å². The number of nitrogens with zero attached hydrogens (tertiary/aromatic N) is 5. The molecule has 0 aliphatic rings. The van der Waals surface area contributed by atoms with Crippen molar-refractivity contribution in [3.63, 3.8) is 0 Å². The van der Waals surface area contributed by atoms with E-state index in [1.165, 1.54) is 11.0 Å². The Hall–Kier alpha value is -2.45. The van der Waals surface area contributed by atoms with Crippen LogP contribution in [0.1, 0.15) is 11.4 Å². The van der Waals surface area contributed by atoms with Crippen molar-refractivity contribution < 1.29 is 14.2 Å². The largest absolute Gasteiger partial charge is 0.458 e. The van der Waals surface area contributed by atoms with Crippen LogP contribution in [0.5, 0.6) is 0 Å². The molecule has 0 aromatic carbocycles. The zero-order valence-corrected chi connectivity index (χ0v) is 9.03. The van der Waals surface area contributed by atoms with E-state index in [-0.39, 0.29) is 19.1 Å². The molecule has 0 fully saturated rings. The van der Waals surface area contributed by atoms with Crippen molar-refractivity contribution in [2.45, 2.75) is 20.1 Å². The van der Waals surface area contributed by atoms with E-state index >= 15 is 0 Å². The molecule has 0 radical (unpaired) electrons. The average molecular weight is 238 g/mol. The molecular weight excluding hydrogens is 228 g/mol. The normalized spacial score (nSPS) is 10.4. The van der Waals surface area contributed by atoms with Gasteiger partial charge >= 0.3 is 5.97 Å². The summed E-state index contributed by atoms with van der Waals surface area (Å²) in [5, 5.41) is 10.9. The molecule has 2 rings (SSSR count). The number of carbonyl (C=O) groups excluding carboxylic acids is 1. The summed E-state index contributed by atoms with van der Waals surface area (Å²) < 4.78 is 10.7. The molecular formula is C8H10N6O3. The third-order valence-electron chi connectivity index (χ3n) is 1.96. The molecule has 0 amide bonds. The Bertz CT molecular complexity index is 519. The lowest BCUT2D eigenvalue weighted by Crippen LogP contribution is -2.14. The summed E-state index contributed by atoms with van der Waals surface area (Å²) >= 11 is 0. The number of hydrogen-bond donors (Lipinski definition) is 1. The first-order valence-corrected chi connectivity index (χ1v) is 4.73. The van der Waals surface area contributed by atoms with E-state index in [0.717, 1.165) is 0 Å². The number of rotatable bonds is 4. The molecule has 0 spiro atoms. The first-order chi connectivity index (χ1) is 8.15. The van der Waals surface area contributed by atoms with Gasteiger partial charge in [0.05, 0.1) is 0 Å². The fourth-order valence-corrected chi connectivity index (χ4v) is 1.09. The van der Waals surface area contributed by atoms with Crippen molar-refractivity contribution in [1.29, 1.82) is 0 Å². The predicted molar refractivity (Wildman–Crippen MR) is 53.3 cm³/mol. The second kappa shape index (κ2) is 4.60. The lowest BCUT2D eigenvalue weighted by molar-refractivity contribution is -0.146. The van der Waals surface area contributed by atoms with Crippen LogP contribution < -0.4 is 5.73 Å². The highest BCUT2D eigenvalue weighted by atomic mass is 16.6. The number of ether oxygens (including phenoxy) is 1. The van der Waals surface area contributed by atoms with Crippen LogP contribution in [0.2, 0.25) is 0 Å². The monoisotopic (exact) mass is 238 g/mol. The smallest absolute Gasteiger partial charge is 0.328 e. The number of aryl methyl sites for hydroxylation is 1. The molecule has 2 aromatic heterocycles. The summed E-state index contributed by atoms with van der Waals surface area (Å²) in [4.78, 5) is 15.1. The molecule has 2 N–H and O–H groups in total. The van der Waals surface area contributed by atoms with Crippen molar-refractivity contribution in [3.8, 4) is 0 Å². The lowest BCUT2D eigenvalue weighted by atomic mass is 10.4. The van der Waals surface area contributed by atoms with Crippen LogP contribution in [-0.4, -0.2) is 31.0 Å². The molecule has 2 aromatic rings. The van der Waals surface area contributed by atoms with Gasteiger partial charge in [-0.25, -0.2) is 14.3 Å². The Morgan fingerprint density at radius 2 is 2.41 bits per heavy atom. The fourth-order valence-electron chi connectivity index (χ4n) is 1.09. The minimum Gasteiger partial charge on any atom is -0.458 e. The van der Waals surface area contributed by atoms with Crippen molar-refractivity contribution >= 4 is 11.9 Å². The van der Waals surface area contributed by atoms with Crippen molar-refractivity contribution in [2.75, 3.05) is 5.73 Å². The molecule has 90 valence electrons. The van der Waals surface area contributed by atoms with Gasteiger partial charge < -0.3 is 10.5 Å². The highest BCUT2D eigenvalue weighted by Gasteiger charge is 2.10. The molecule has 0 unspecified atom stereocenters. The Balaban J connectivity index is 1.84. The second-order valence-electron chi connectivity index (χ2n) is 3.26. The quantitative estimate of drug-likeness (QED) is 0.693. The highest BCUT2D eigenvalue weighted by molar-refractivity contribution is 5.69. The van der Waals surface area contributed by atoms with Crippen LogP contribution >= 0.6 is 0 Å².